The average molecular weight is 663 g/mol. The summed E-state index contributed by atoms with van der Waals surface area (Å²) in [4.78, 5) is 43.3. The van der Waals surface area contributed by atoms with E-state index in [0.29, 0.717) is 23.7 Å². The Hall–Kier alpha value is -4.48. The zero-order chi connectivity index (χ0) is 34.6. The monoisotopic (exact) mass is 662 g/mol. The van der Waals surface area contributed by atoms with E-state index in [9.17, 15) is 23.9 Å². The maximum absolute atomic E-state index is 14.3. The number of fused-ring (bicyclic) bond motifs is 1. The Morgan fingerprint density at radius 2 is 1.73 bits per heavy atom. The molecular formula is C37H47FN4O6. The van der Waals surface area contributed by atoms with Crippen LogP contribution in [0.3, 0.4) is 0 Å². The summed E-state index contributed by atoms with van der Waals surface area (Å²) in [6.45, 7) is 6.30. The van der Waals surface area contributed by atoms with Gasteiger partial charge in [-0.25, -0.2) is 9.18 Å². The van der Waals surface area contributed by atoms with E-state index in [1.165, 1.54) is 29.2 Å². The Balaban J connectivity index is 1.57. The van der Waals surface area contributed by atoms with E-state index in [0.717, 1.165) is 24.8 Å². The molecule has 0 aromatic heterocycles. The fourth-order valence-corrected chi connectivity index (χ4v) is 5.55. The van der Waals surface area contributed by atoms with Crippen molar-refractivity contribution in [3.63, 3.8) is 0 Å². The SMILES string of the molecule is C[C@@H]1CCCCO[C@H](CN(C)C(=O)Nc2ccc(F)cc2)[C@H](C)CN([C@@H](C)CO)C(=O)c2cc(NC(=O)Cc3ccccc3)ccc2O1. The summed E-state index contributed by atoms with van der Waals surface area (Å²) in [5, 5.41) is 15.9. The van der Waals surface area contributed by atoms with Crippen LogP contribution in [-0.2, 0) is 16.0 Å². The molecule has 10 nitrogen and oxygen atoms in total. The number of halogens is 1. The van der Waals surface area contributed by atoms with Crippen LogP contribution in [-0.4, -0.2) is 84.4 Å². The van der Waals surface area contributed by atoms with Crippen molar-refractivity contribution < 1.29 is 33.4 Å². The predicted octanol–water partition coefficient (Wildman–Crippen LogP) is 5.97. The molecule has 0 saturated heterocycles. The van der Waals surface area contributed by atoms with Crippen LogP contribution in [0.15, 0.2) is 72.8 Å². The molecule has 1 heterocycles. The van der Waals surface area contributed by atoms with Crippen molar-refractivity contribution in [2.45, 2.75) is 64.7 Å². The number of nitrogens with zero attached hydrogens (tertiary/aromatic N) is 2. The van der Waals surface area contributed by atoms with Crippen LogP contribution in [0.4, 0.5) is 20.6 Å². The molecule has 4 atom stereocenters. The number of anilines is 2. The molecule has 0 saturated carbocycles. The molecule has 0 bridgehead atoms. The highest BCUT2D eigenvalue weighted by molar-refractivity contribution is 6.00. The van der Waals surface area contributed by atoms with Gasteiger partial charge in [0.1, 0.15) is 11.6 Å². The molecule has 0 aliphatic carbocycles. The van der Waals surface area contributed by atoms with Gasteiger partial charge in [0, 0.05) is 44.0 Å². The number of aliphatic hydroxyl groups excluding tert-OH is 1. The van der Waals surface area contributed by atoms with Gasteiger partial charge >= 0.3 is 6.03 Å². The normalized spacial score (nSPS) is 19.7. The molecule has 0 radical (unpaired) electrons. The van der Waals surface area contributed by atoms with Crippen LogP contribution in [0, 0.1) is 11.7 Å². The quantitative estimate of drug-likeness (QED) is 0.274. The van der Waals surface area contributed by atoms with Crippen LogP contribution in [0.5, 0.6) is 5.75 Å². The summed E-state index contributed by atoms with van der Waals surface area (Å²) in [7, 11) is 1.66. The molecule has 4 amide bonds. The van der Waals surface area contributed by atoms with Gasteiger partial charge in [0.05, 0.1) is 36.8 Å². The van der Waals surface area contributed by atoms with Crippen LogP contribution < -0.4 is 15.4 Å². The zero-order valence-electron chi connectivity index (χ0n) is 28.2. The molecule has 1 aliphatic heterocycles. The standard InChI is InChI=1S/C37H47FN4O6/c1-25-22-42(26(2)24-43)36(45)32-21-31(39-35(44)20-28-11-6-5-7-12-28)17-18-33(32)48-27(3)10-8-9-19-47-34(25)23-41(4)37(46)40-30-15-13-29(38)14-16-30/h5-7,11-18,21,25-27,34,43H,8-10,19-20,22-24H2,1-4H3,(H,39,44)(H,40,46)/t25-,26+,27-,34-/m1/s1. The molecule has 1 aliphatic rings. The third-order valence-electron chi connectivity index (χ3n) is 8.44. The molecule has 3 aromatic rings. The summed E-state index contributed by atoms with van der Waals surface area (Å²) >= 11 is 0. The van der Waals surface area contributed by atoms with Crippen molar-refractivity contribution in [2.24, 2.45) is 5.92 Å². The molecule has 3 N–H and O–H groups in total. The molecule has 4 rings (SSSR count). The topological polar surface area (TPSA) is 120 Å². The van der Waals surface area contributed by atoms with Gasteiger partial charge in [-0.2, -0.15) is 0 Å². The number of likely N-dealkylation sites (N-methyl/N-ethyl adjacent to an activating group) is 1. The highest BCUT2D eigenvalue weighted by atomic mass is 19.1. The summed E-state index contributed by atoms with van der Waals surface area (Å²) in [5.41, 5.74) is 2.07. The maximum Gasteiger partial charge on any atom is 0.321 e. The Bertz CT molecular complexity index is 1510. The van der Waals surface area contributed by atoms with Crippen molar-refractivity contribution in [3.05, 3.63) is 89.7 Å². The van der Waals surface area contributed by atoms with E-state index in [1.807, 2.05) is 44.2 Å². The van der Waals surface area contributed by atoms with Crippen molar-refractivity contribution in [1.82, 2.24) is 9.80 Å². The van der Waals surface area contributed by atoms with Gasteiger partial charge in [-0.05, 0) is 81.1 Å². The van der Waals surface area contributed by atoms with E-state index in [4.69, 9.17) is 9.47 Å². The first-order valence-corrected chi connectivity index (χ1v) is 16.5. The first-order valence-electron chi connectivity index (χ1n) is 16.5. The summed E-state index contributed by atoms with van der Waals surface area (Å²) in [6, 6.07) is 19.1. The van der Waals surface area contributed by atoms with Gasteiger partial charge < -0.3 is 35.0 Å². The second-order valence-corrected chi connectivity index (χ2v) is 12.5. The summed E-state index contributed by atoms with van der Waals surface area (Å²) < 4.78 is 26.0. The second kappa shape index (κ2) is 17.6. The third-order valence-corrected chi connectivity index (χ3v) is 8.44. The molecule has 0 spiro atoms. The van der Waals surface area contributed by atoms with Crippen molar-refractivity contribution in [3.8, 4) is 5.75 Å². The Labute approximate surface area is 282 Å². The number of urea groups is 1. The van der Waals surface area contributed by atoms with Crippen molar-refractivity contribution in [2.75, 3.05) is 44.0 Å². The fraction of sp³-hybridized carbons (Fsp3) is 0.432. The number of aliphatic hydroxyl groups is 1. The van der Waals surface area contributed by atoms with E-state index in [-0.39, 0.29) is 61.5 Å². The van der Waals surface area contributed by atoms with E-state index in [2.05, 4.69) is 10.6 Å². The molecule has 0 fully saturated rings. The van der Waals surface area contributed by atoms with Gasteiger partial charge in [-0.1, -0.05) is 37.3 Å². The second-order valence-electron chi connectivity index (χ2n) is 12.5. The maximum atomic E-state index is 14.3. The van der Waals surface area contributed by atoms with Crippen molar-refractivity contribution >= 4 is 29.2 Å². The van der Waals surface area contributed by atoms with Crippen molar-refractivity contribution in [1.29, 1.82) is 0 Å². The predicted molar refractivity (Wildman–Crippen MR) is 184 cm³/mol. The summed E-state index contributed by atoms with van der Waals surface area (Å²) in [5.74, 6) is -0.817. The molecular weight excluding hydrogens is 615 g/mol. The smallest absolute Gasteiger partial charge is 0.321 e. The van der Waals surface area contributed by atoms with Gasteiger partial charge in [0.2, 0.25) is 5.91 Å². The number of carbonyl (C=O) groups excluding carboxylic acids is 3. The number of benzene rings is 3. The Morgan fingerprint density at radius 1 is 1.02 bits per heavy atom. The Morgan fingerprint density at radius 3 is 2.44 bits per heavy atom. The lowest BCUT2D eigenvalue weighted by Crippen LogP contribution is -2.48. The van der Waals surface area contributed by atoms with Crippen LogP contribution in [0.25, 0.3) is 0 Å². The van der Waals surface area contributed by atoms with Gasteiger partial charge in [-0.15, -0.1) is 0 Å². The molecule has 0 unspecified atom stereocenters. The number of hydrogen-bond acceptors (Lipinski definition) is 6. The minimum absolute atomic E-state index is 0.183. The van der Waals surface area contributed by atoms with Gasteiger partial charge in [-0.3, -0.25) is 9.59 Å². The lowest BCUT2D eigenvalue weighted by Gasteiger charge is -2.35. The van der Waals surface area contributed by atoms with Crippen LogP contribution >= 0.6 is 0 Å². The number of rotatable bonds is 8. The number of hydrogen-bond donors (Lipinski definition) is 3. The number of ether oxygens (including phenoxy) is 2. The van der Waals surface area contributed by atoms with Crippen LogP contribution in [0.2, 0.25) is 0 Å². The first-order chi connectivity index (χ1) is 23.0. The average Bonchev–Trinajstić information content (AvgIpc) is 3.07. The minimum atomic E-state index is -0.547. The number of carbonyl (C=O) groups is 3. The first kappa shape index (κ1) is 36.4. The largest absolute Gasteiger partial charge is 0.490 e. The van der Waals surface area contributed by atoms with E-state index < -0.39 is 18.0 Å². The Kier molecular flexibility index (Phi) is 13.3. The fourth-order valence-electron chi connectivity index (χ4n) is 5.55. The summed E-state index contributed by atoms with van der Waals surface area (Å²) in [6.07, 6.45) is 1.88. The highest BCUT2D eigenvalue weighted by Gasteiger charge is 2.31. The third kappa shape index (κ3) is 10.5. The molecule has 3 aromatic carbocycles. The van der Waals surface area contributed by atoms with Gasteiger partial charge in [0.25, 0.3) is 5.91 Å². The lowest BCUT2D eigenvalue weighted by molar-refractivity contribution is -0.115. The van der Waals surface area contributed by atoms with E-state index in [1.54, 1.807) is 37.1 Å². The van der Waals surface area contributed by atoms with Gasteiger partial charge in [0.15, 0.2) is 0 Å². The molecule has 48 heavy (non-hydrogen) atoms. The highest BCUT2D eigenvalue weighted by Crippen LogP contribution is 2.29. The number of nitrogens with one attached hydrogen (secondary N) is 2. The minimum Gasteiger partial charge on any atom is -0.490 e. The zero-order valence-corrected chi connectivity index (χ0v) is 28.2. The molecule has 11 heteroatoms. The number of amides is 4. The van der Waals surface area contributed by atoms with E-state index >= 15 is 0 Å². The lowest BCUT2D eigenvalue weighted by atomic mass is 10.0. The van der Waals surface area contributed by atoms with Crippen LogP contribution in [0.1, 0.15) is 56.0 Å². The molecule has 258 valence electrons.